The third-order valence-electron chi connectivity index (χ3n) is 5.83. The summed E-state index contributed by atoms with van der Waals surface area (Å²) in [5.74, 6) is 1.17. The van der Waals surface area contributed by atoms with Gasteiger partial charge in [-0.15, -0.1) is 11.3 Å². The molecule has 198 valence electrons. The molecule has 0 unspecified atom stereocenters. The van der Waals surface area contributed by atoms with E-state index < -0.39 is 0 Å². The molecule has 4 aromatic rings. The number of aliphatic imine (C=N–C) groups is 1. The molecule has 0 bridgehead atoms. The molecule has 0 aliphatic carbocycles. The van der Waals surface area contributed by atoms with E-state index in [-0.39, 0.29) is 5.91 Å². The third-order valence-corrected chi connectivity index (χ3v) is 7.82. The van der Waals surface area contributed by atoms with Crippen molar-refractivity contribution in [3.63, 3.8) is 0 Å². The van der Waals surface area contributed by atoms with Gasteiger partial charge in [0.15, 0.2) is 16.7 Å². The lowest BCUT2D eigenvalue weighted by molar-refractivity contribution is -0.122. The molecular weight excluding hydrogens is 550 g/mol. The quantitative estimate of drug-likeness (QED) is 0.189. The summed E-state index contributed by atoms with van der Waals surface area (Å²) in [6.07, 6.45) is 1.86. The lowest BCUT2D eigenvalue weighted by Gasteiger charge is -2.13. The molecule has 0 spiro atoms. The Labute approximate surface area is 241 Å². The molecule has 9 heteroatoms. The van der Waals surface area contributed by atoms with E-state index in [1.54, 1.807) is 4.90 Å². The highest BCUT2D eigenvalue weighted by atomic mass is 35.5. The Kier molecular flexibility index (Phi) is 8.66. The largest absolute Gasteiger partial charge is 0.490 e. The van der Waals surface area contributed by atoms with Crippen LogP contribution in [0.3, 0.4) is 0 Å². The van der Waals surface area contributed by atoms with E-state index in [1.165, 1.54) is 23.1 Å². The van der Waals surface area contributed by atoms with Gasteiger partial charge >= 0.3 is 0 Å². The number of nitrogens with zero attached hydrogens (tertiary/aromatic N) is 3. The Morgan fingerprint density at radius 2 is 1.79 bits per heavy atom. The SMILES string of the molecule is CCOc1cc(/C=C2\S/C(=N/c3nc(-c4ccccc4)cs3)N(CC)C2=O)ccc1OCc1ccc(Cl)cc1. The van der Waals surface area contributed by atoms with Gasteiger partial charge in [0.1, 0.15) is 6.61 Å². The molecule has 39 heavy (non-hydrogen) atoms. The van der Waals surface area contributed by atoms with Crippen LogP contribution in [0.5, 0.6) is 11.5 Å². The van der Waals surface area contributed by atoms with Gasteiger partial charge in [-0.2, -0.15) is 4.99 Å². The maximum absolute atomic E-state index is 13.2. The molecule has 0 saturated carbocycles. The number of hydrogen-bond donors (Lipinski definition) is 0. The number of rotatable bonds is 9. The van der Waals surface area contributed by atoms with Crippen LogP contribution in [-0.4, -0.2) is 34.1 Å². The molecule has 1 amide bonds. The summed E-state index contributed by atoms with van der Waals surface area (Å²) in [5, 5.41) is 3.90. The van der Waals surface area contributed by atoms with Crippen molar-refractivity contribution in [2.75, 3.05) is 13.2 Å². The van der Waals surface area contributed by atoms with E-state index in [9.17, 15) is 4.79 Å². The second kappa shape index (κ2) is 12.5. The minimum atomic E-state index is -0.0814. The summed E-state index contributed by atoms with van der Waals surface area (Å²) in [6.45, 7) is 5.26. The standard InChI is InChI=1S/C30H26ClN3O3S2/c1-3-34-28(35)27(39-30(34)33-29-32-24(19-38-29)22-8-6-5-7-9-22)17-21-12-15-25(26(16-21)36-4-2)37-18-20-10-13-23(31)14-11-20/h5-17,19H,3-4,18H2,1-2H3/b27-17-,33-30+. The van der Waals surface area contributed by atoms with Crippen LogP contribution in [0.15, 0.2) is 88.1 Å². The van der Waals surface area contributed by atoms with Gasteiger partial charge in [-0.05, 0) is 67.1 Å². The first-order chi connectivity index (χ1) is 19.0. The lowest BCUT2D eigenvalue weighted by Crippen LogP contribution is -2.28. The van der Waals surface area contributed by atoms with Crippen molar-refractivity contribution in [2.24, 2.45) is 4.99 Å². The van der Waals surface area contributed by atoms with Crippen molar-refractivity contribution in [2.45, 2.75) is 20.5 Å². The minimum Gasteiger partial charge on any atom is -0.490 e. The van der Waals surface area contributed by atoms with Crippen molar-refractivity contribution >= 4 is 57.0 Å². The Balaban J connectivity index is 1.35. The first-order valence-corrected chi connectivity index (χ1v) is 14.6. The van der Waals surface area contributed by atoms with Gasteiger partial charge in [0.25, 0.3) is 5.91 Å². The van der Waals surface area contributed by atoms with E-state index in [0.29, 0.717) is 51.5 Å². The van der Waals surface area contributed by atoms with Crippen molar-refractivity contribution in [1.82, 2.24) is 9.88 Å². The van der Waals surface area contributed by atoms with E-state index in [1.807, 2.05) is 98.1 Å². The molecule has 6 nitrogen and oxygen atoms in total. The Morgan fingerprint density at radius 3 is 2.54 bits per heavy atom. The number of halogens is 1. The monoisotopic (exact) mass is 575 g/mol. The smallest absolute Gasteiger partial charge is 0.266 e. The summed E-state index contributed by atoms with van der Waals surface area (Å²) in [7, 11) is 0. The average Bonchev–Trinajstić information content (AvgIpc) is 3.54. The predicted octanol–water partition coefficient (Wildman–Crippen LogP) is 8.07. The van der Waals surface area contributed by atoms with Gasteiger partial charge in [-0.25, -0.2) is 4.98 Å². The third kappa shape index (κ3) is 6.53. The fraction of sp³-hybridized carbons (Fsp3) is 0.167. The van der Waals surface area contributed by atoms with Gasteiger partial charge < -0.3 is 9.47 Å². The van der Waals surface area contributed by atoms with E-state index in [0.717, 1.165) is 22.4 Å². The number of benzene rings is 3. The van der Waals surface area contributed by atoms with Crippen LogP contribution in [0.4, 0.5) is 5.13 Å². The maximum atomic E-state index is 13.2. The molecule has 0 atom stereocenters. The van der Waals surface area contributed by atoms with E-state index in [2.05, 4.69) is 4.98 Å². The van der Waals surface area contributed by atoms with Crippen molar-refractivity contribution in [3.8, 4) is 22.8 Å². The van der Waals surface area contributed by atoms with Gasteiger partial charge in [-0.1, -0.05) is 60.1 Å². The zero-order chi connectivity index (χ0) is 27.2. The predicted molar refractivity (Wildman–Crippen MR) is 161 cm³/mol. The topological polar surface area (TPSA) is 64.0 Å². The fourth-order valence-electron chi connectivity index (χ4n) is 3.90. The number of carbonyl (C=O) groups excluding carboxylic acids is 1. The summed E-state index contributed by atoms with van der Waals surface area (Å²) < 4.78 is 11.9. The molecule has 1 aromatic heterocycles. The molecule has 5 rings (SSSR count). The van der Waals surface area contributed by atoms with Gasteiger partial charge in [0.05, 0.1) is 17.2 Å². The van der Waals surface area contributed by atoms with Crippen molar-refractivity contribution < 1.29 is 14.3 Å². The van der Waals surface area contributed by atoms with Crippen molar-refractivity contribution in [1.29, 1.82) is 0 Å². The van der Waals surface area contributed by atoms with Crippen molar-refractivity contribution in [3.05, 3.63) is 99.2 Å². The average molecular weight is 576 g/mol. The summed E-state index contributed by atoms with van der Waals surface area (Å²) in [6, 6.07) is 23.2. The highest BCUT2D eigenvalue weighted by molar-refractivity contribution is 8.18. The van der Waals surface area contributed by atoms with Crippen LogP contribution >= 0.6 is 34.7 Å². The molecule has 3 aromatic carbocycles. The van der Waals surface area contributed by atoms with Crippen LogP contribution in [0, 0.1) is 0 Å². The molecule has 1 saturated heterocycles. The number of hydrogen-bond acceptors (Lipinski definition) is 7. The van der Waals surface area contributed by atoms with Crippen LogP contribution in [0.1, 0.15) is 25.0 Å². The number of likely N-dealkylation sites (N-methyl/N-ethyl adjacent to an activating group) is 1. The number of amides is 1. The molecule has 0 N–H and O–H groups in total. The summed E-state index contributed by atoms with van der Waals surface area (Å²) in [4.78, 5) is 24.8. The van der Waals surface area contributed by atoms with Gasteiger partial charge in [0, 0.05) is 22.5 Å². The number of thioether (sulfide) groups is 1. The summed E-state index contributed by atoms with van der Waals surface area (Å²) >= 11 is 8.79. The molecule has 0 radical (unpaired) electrons. The normalized spacial score (nSPS) is 15.4. The maximum Gasteiger partial charge on any atom is 0.266 e. The van der Waals surface area contributed by atoms with Gasteiger partial charge in [-0.3, -0.25) is 9.69 Å². The number of amidine groups is 1. The molecular formula is C30H26ClN3O3S2. The molecule has 2 heterocycles. The number of thiazole rings is 1. The van der Waals surface area contributed by atoms with E-state index in [4.69, 9.17) is 26.1 Å². The number of carbonyl (C=O) groups is 1. The lowest BCUT2D eigenvalue weighted by atomic mass is 10.1. The second-order valence-electron chi connectivity index (χ2n) is 8.49. The molecule has 1 aliphatic heterocycles. The second-order valence-corrected chi connectivity index (χ2v) is 10.8. The highest BCUT2D eigenvalue weighted by Gasteiger charge is 2.32. The number of aromatic nitrogens is 1. The molecule has 1 aliphatic rings. The summed E-state index contributed by atoms with van der Waals surface area (Å²) in [5.41, 5.74) is 3.75. The zero-order valence-corrected chi connectivity index (χ0v) is 23.9. The van der Waals surface area contributed by atoms with E-state index >= 15 is 0 Å². The van der Waals surface area contributed by atoms with Crippen LogP contribution in [0.25, 0.3) is 17.3 Å². The Hall–Kier alpha value is -3.59. The first-order valence-electron chi connectivity index (χ1n) is 12.5. The Bertz CT molecular complexity index is 1520. The van der Waals surface area contributed by atoms with Gasteiger partial charge in [0.2, 0.25) is 5.13 Å². The van der Waals surface area contributed by atoms with Crippen LogP contribution in [-0.2, 0) is 11.4 Å². The highest BCUT2D eigenvalue weighted by Crippen LogP contribution is 2.37. The van der Waals surface area contributed by atoms with Crippen LogP contribution < -0.4 is 9.47 Å². The fourth-order valence-corrected chi connectivity index (χ4v) is 5.83. The minimum absolute atomic E-state index is 0.0814. The number of ether oxygens (including phenoxy) is 2. The van der Waals surface area contributed by atoms with Crippen LogP contribution in [0.2, 0.25) is 5.02 Å². The molecule has 1 fully saturated rings. The first kappa shape index (κ1) is 27.0. The zero-order valence-electron chi connectivity index (χ0n) is 21.5. The Morgan fingerprint density at radius 1 is 1.00 bits per heavy atom.